The van der Waals surface area contributed by atoms with Crippen molar-refractivity contribution in [3.8, 4) is 5.88 Å². The molecule has 9 heteroatoms. The molecule has 2 amide bonds. The van der Waals surface area contributed by atoms with E-state index in [-0.39, 0.29) is 11.7 Å². The zero-order valence-corrected chi connectivity index (χ0v) is 16.8. The molecule has 1 aliphatic rings. The molecule has 29 heavy (non-hydrogen) atoms. The third-order valence-electron chi connectivity index (χ3n) is 5.09. The van der Waals surface area contributed by atoms with Crippen molar-refractivity contribution in [1.82, 2.24) is 9.88 Å². The number of carbonyl (C=O) groups excluding carboxylic acids is 1. The van der Waals surface area contributed by atoms with Gasteiger partial charge < -0.3 is 19.9 Å². The molecule has 3 rings (SSSR count). The summed E-state index contributed by atoms with van der Waals surface area (Å²) < 4.78 is 5.31. The summed E-state index contributed by atoms with van der Waals surface area (Å²) in [7, 11) is 1.53. The first-order valence-electron chi connectivity index (χ1n) is 9.52. The Morgan fingerprint density at radius 2 is 1.90 bits per heavy atom. The van der Waals surface area contributed by atoms with Crippen LogP contribution in [0, 0.1) is 17.0 Å². The molecule has 0 spiro atoms. The number of nitro benzene ring substituents is 1. The van der Waals surface area contributed by atoms with E-state index in [0.717, 1.165) is 23.4 Å². The summed E-state index contributed by atoms with van der Waals surface area (Å²) in [5.74, 6) is 0.401. The van der Waals surface area contributed by atoms with Crippen molar-refractivity contribution in [3.05, 3.63) is 51.7 Å². The van der Waals surface area contributed by atoms with E-state index in [1.54, 1.807) is 17.0 Å². The van der Waals surface area contributed by atoms with Crippen LogP contribution < -0.4 is 15.0 Å². The first-order chi connectivity index (χ1) is 13.9. The quantitative estimate of drug-likeness (QED) is 0.612. The lowest BCUT2D eigenvalue weighted by molar-refractivity contribution is -0.384. The van der Waals surface area contributed by atoms with E-state index < -0.39 is 4.92 Å². The van der Waals surface area contributed by atoms with Gasteiger partial charge in [0.2, 0.25) is 5.88 Å². The fraction of sp³-hybridized carbons (Fsp3) is 0.400. The smallest absolute Gasteiger partial charge is 0.322 e. The SMILES string of the molecule is CCc1cc(NC(=O)N2CCN(c3ccc([N+](=O)[O-])cc3)CC2)c(OC)nc1C. The number of anilines is 2. The highest BCUT2D eigenvalue weighted by Gasteiger charge is 2.23. The highest BCUT2D eigenvalue weighted by molar-refractivity contribution is 5.91. The van der Waals surface area contributed by atoms with E-state index in [0.29, 0.717) is 37.7 Å². The molecule has 1 aliphatic heterocycles. The maximum Gasteiger partial charge on any atom is 0.322 e. The van der Waals surface area contributed by atoms with Crippen LogP contribution in [0.4, 0.5) is 21.9 Å². The number of urea groups is 1. The number of methoxy groups -OCH3 is 1. The van der Waals surface area contributed by atoms with Crippen molar-refractivity contribution in [2.75, 3.05) is 43.5 Å². The van der Waals surface area contributed by atoms with Gasteiger partial charge in [-0.05, 0) is 37.1 Å². The minimum Gasteiger partial charge on any atom is -0.480 e. The van der Waals surface area contributed by atoms with Gasteiger partial charge in [-0.1, -0.05) is 6.92 Å². The Hall–Kier alpha value is -3.36. The molecule has 1 fully saturated rings. The molecule has 0 unspecified atom stereocenters. The number of pyridine rings is 1. The van der Waals surface area contributed by atoms with Crippen molar-refractivity contribution in [3.63, 3.8) is 0 Å². The van der Waals surface area contributed by atoms with Crippen LogP contribution in [-0.2, 0) is 6.42 Å². The number of hydrogen-bond acceptors (Lipinski definition) is 6. The van der Waals surface area contributed by atoms with Gasteiger partial charge in [0.25, 0.3) is 5.69 Å². The van der Waals surface area contributed by atoms with Crippen molar-refractivity contribution in [2.45, 2.75) is 20.3 Å². The summed E-state index contributed by atoms with van der Waals surface area (Å²) in [5, 5.41) is 13.7. The van der Waals surface area contributed by atoms with Crippen molar-refractivity contribution in [2.24, 2.45) is 0 Å². The number of aromatic nitrogens is 1. The molecule has 9 nitrogen and oxygen atoms in total. The molecule has 2 aromatic rings. The second-order valence-corrected chi connectivity index (χ2v) is 6.82. The van der Waals surface area contributed by atoms with Gasteiger partial charge in [0, 0.05) is 49.7 Å². The topological polar surface area (TPSA) is 101 Å². The fourth-order valence-corrected chi connectivity index (χ4v) is 3.37. The van der Waals surface area contributed by atoms with Crippen LogP contribution in [0.25, 0.3) is 0 Å². The number of ether oxygens (including phenoxy) is 1. The Kier molecular flexibility index (Phi) is 6.16. The largest absolute Gasteiger partial charge is 0.480 e. The summed E-state index contributed by atoms with van der Waals surface area (Å²) in [6, 6.07) is 8.18. The lowest BCUT2D eigenvalue weighted by Gasteiger charge is -2.36. The Bertz CT molecular complexity index is 892. The molecule has 1 aromatic heterocycles. The number of carbonyl (C=O) groups is 1. The van der Waals surface area contributed by atoms with Crippen LogP contribution in [0.5, 0.6) is 5.88 Å². The number of hydrogen-bond donors (Lipinski definition) is 1. The van der Waals surface area contributed by atoms with E-state index in [9.17, 15) is 14.9 Å². The Morgan fingerprint density at radius 1 is 1.24 bits per heavy atom. The maximum atomic E-state index is 12.7. The summed E-state index contributed by atoms with van der Waals surface area (Å²) in [5.41, 5.74) is 3.49. The second-order valence-electron chi connectivity index (χ2n) is 6.82. The highest BCUT2D eigenvalue weighted by Crippen LogP contribution is 2.26. The van der Waals surface area contributed by atoms with Crippen molar-refractivity contribution >= 4 is 23.1 Å². The zero-order valence-electron chi connectivity index (χ0n) is 16.8. The molecule has 1 aromatic carbocycles. The van der Waals surface area contributed by atoms with Crippen LogP contribution in [-0.4, -0.2) is 54.1 Å². The first kappa shape index (κ1) is 20.4. The van der Waals surface area contributed by atoms with Crippen LogP contribution in [0.2, 0.25) is 0 Å². The number of non-ortho nitro benzene ring substituents is 1. The molecule has 0 radical (unpaired) electrons. The van der Waals surface area contributed by atoms with Crippen LogP contribution >= 0.6 is 0 Å². The fourth-order valence-electron chi connectivity index (χ4n) is 3.37. The second kappa shape index (κ2) is 8.76. The third-order valence-corrected chi connectivity index (χ3v) is 5.09. The zero-order chi connectivity index (χ0) is 21.0. The average Bonchev–Trinajstić information content (AvgIpc) is 2.74. The minimum absolute atomic E-state index is 0.0684. The van der Waals surface area contributed by atoms with Gasteiger partial charge in [0.05, 0.1) is 12.0 Å². The molecule has 154 valence electrons. The number of rotatable bonds is 5. The van der Waals surface area contributed by atoms with E-state index in [2.05, 4.69) is 15.2 Å². The summed E-state index contributed by atoms with van der Waals surface area (Å²) in [6.07, 6.45) is 0.819. The summed E-state index contributed by atoms with van der Waals surface area (Å²) in [4.78, 5) is 31.4. The maximum absolute atomic E-state index is 12.7. The van der Waals surface area contributed by atoms with Gasteiger partial charge in [-0.25, -0.2) is 9.78 Å². The Morgan fingerprint density at radius 3 is 2.45 bits per heavy atom. The number of aryl methyl sites for hydroxylation is 2. The minimum atomic E-state index is -0.412. The number of nitro groups is 1. The van der Waals surface area contributed by atoms with E-state index in [4.69, 9.17) is 4.74 Å². The van der Waals surface area contributed by atoms with E-state index in [1.807, 2.05) is 19.9 Å². The van der Waals surface area contributed by atoms with E-state index in [1.165, 1.54) is 19.2 Å². The van der Waals surface area contributed by atoms with Crippen molar-refractivity contribution in [1.29, 1.82) is 0 Å². The van der Waals surface area contributed by atoms with Gasteiger partial charge >= 0.3 is 6.03 Å². The lowest BCUT2D eigenvalue weighted by Crippen LogP contribution is -2.50. The van der Waals surface area contributed by atoms with Crippen LogP contribution in [0.3, 0.4) is 0 Å². The van der Waals surface area contributed by atoms with Gasteiger partial charge in [0.15, 0.2) is 0 Å². The molecule has 1 saturated heterocycles. The van der Waals surface area contributed by atoms with Gasteiger partial charge in [0.1, 0.15) is 5.69 Å². The molecule has 0 saturated carbocycles. The Balaban J connectivity index is 1.62. The summed E-state index contributed by atoms with van der Waals surface area (Å²) in [6.45, 7) is 6.35. The Labute approximate surface area is 169 Å². The van der Waals surface area contributed by atoms with Crippen LogP contribution in [0.1, 0.15) is 18.2 Å². The normalized spacial score (nSPS) is 13.9. The lowest BCUT2D eigenvalue weighted by atomic mass is 10.1. The third kappa shape index (κ3) is 4.56. The highest BCUT2D eigenvalue weighted by atomic mass is 16.6. The molecular weight excluding hydrogens is 374 g/mol. The number of benzene rings is 1. The number of amides is 2. The predicted octanol–water partition coefficient (Wildman–Crippen LogP) is 3.22. The number of nitrogens with one attached hydrogen (secondary N) is 1. The molecule has 0 aliphatic carbocycles. The van der Waals surface area contributed by atoms with Gasteiger partial charge in [-0.3, -0.25) is 10.1 Å². The molecule has 0 atom stereocenters. The molecule has 0 bridgehead atoms. The predicted molar refractivity (Wildman–Crippen MR) is 111 cm³/mol. The summed E-state index contributed by atoms with van der Waals surface area (Å²) >= 11 is 0. The monoisotopic (exact) mass is 399 g/mol. The van der Waals surface area contributed by atoms with E-state index >= 15 is 0 Å². The molecule has 2 heterocycles. The number of nitrogens with zero attached hydrogens (tertiary/aromatic N) is 4. The van der Waals surface area contributed by atoms with Gasteiger partial charge in [-0.15, -0.1) is 0 Å². The standard InChI is InChI=1S/C20H25N5O4/c1-4-15-13-18(19(29-3)21-14(15)2)22-20(26)24-11-9-23(10-12-24)16-5-7-17(8-6-16)25(27)28/h5-8,13H,4,9-12H2,1-3H3,(H,22,26). The van der Waals surface area contributed by atoms with Gasteiger partial charge in [-0.2, -0.15) is 0 Å². The average molecular weight is 399 g/mol. The van der Waals surface area contributed by atoms with Crippen LogP contribution in [0.15, 0.2) is 30.3 Å². The molecular formula is C20H25N5O4. The van der Waals surface area contributed by atoms with Crippen molar-refractivity contribution < 1.29 is 14.5 Å². The number of piperazine rings is 1. The first-order valence-corrected chi connectivity index (χ1v) is 9.52. The molecule has 1 N–H and O–H groups in total.